The number of Topliss-reactive ketones (excluding diaryl/α,β-unsaturated/α-hetero) is 2. The average Bonchev–Trinajstić information content (AvgIpc) is 3.17. The van der Waals surface area contributed by atoms with Gasteiger partial charge < -0.3 is 31.5 Å². The third kappa shape index (κ3) is 39.2. The molecule has 2 aromatic carbocycles. The Hall–Kier alpha value is -4.52. The van der Waals surface area contributed by atoms with Crippen molar-refractivity contribution in [2.24, 2.45) is 0 Å². The van der Waals surface area contributed by atoms with Crippen molar-refractivity contribution in [3.63, 3.8) is 0 Å². The van der Waals surface area contributed by atoms with Crippen LogP contribution in [0.2, 0.25) is 0 Å². The fraction of sp³-hybridized carbons (Fsp3) is 0.615. The summed E-state index contributed by atoms with van der Waals surface area (Å²) in [7, 11) is -4.01. The van der Waals surface area contributed by atoms with Crippen LogP contribution in [-0.2, 0) is 41.9 Å². The van der Waals surface area contributed by atoms with Crippen molar-refractivity contribution in [1.82, 2.24) is 26.2 Å². The van der Waals surface area contributed by atoms with E-state index in [-0.39, 0.29) is 153 Å². The summed E-state index contributed by atoms with van der Waals surface area (Å²) in [4.78, 5) is 113. The Bertz CT molecular complexity index is 2060. The molecule has 4 amide bonds. The molecule has 2 rings (SSSR count). The number of hydrogen-bond donors (Lipinski definition) is 4. The first-order chi connectivity index (χ1) is 28.7. The quantitative estimate of drug-likeness (QED) is 0.0149. The zero-order valence-corrected chi connectivity index (χ0v) is 40.3. The standard InChI is InChI=1S/C18H26N2O6.C14H17FN2O5.C5H12FN2.2CH4.F6P.Na.H2O/c1-3-4-9-26-18-14(16(24)17(18)25)11-20-15(23)8-6-5-7-13(22)10-19-12(2)21;1-8(18)16-6-9(19)4-2-3-5-11(20)17-7-10-12(15)14(22)13(10)21;1-7(2)5(6)8(3)4;;;1-7(2,3,4,5)6;;/h3-11H2,1-2H3,(H,19,21)(H,20,23);2-7H2,1H3,(H,16,18)(H,17,20);1-4H3;2*1H4;;;1H2/q;;+1;;;-1;+1;/p-1. The number of ether oxygens (including phenoxy) is 1. The molecule has 0 bridgehead atoms. The van der Waals surface area contributed by atoms with Crippen LogP contribution in [0, 0.1) is 5.82 Å². The third-order valence-corrected chi connectivity index (χ3v) is 7.60. The van der Waals surface area contributed by atoms with Gasteiger partial charge in [-0.05, 0) is 32.1 Å². The maximum atomic E-state index is 12.9. The van der Waals surface area contributed by atoms with Gasteiger partial charge in [0.25, 0.3) is 10.9 Å². The van der Waals surface area contributed by atoms with Gasteiger partial charge >= 0.3 is 68.6 Å². The predicted octanol–water partition coefficient (Wildman–Crippen LogP) is 1.27. The number of amidine groups is 1. The van der Waals surface area contributed by atoms with Crippen molar-refractivity contribution in [1.29, 1.82) is 0 Å². The second kappa shape index (κ2) is 33.9. The molecule has 0 aliphatic heterocycles. The van der Waals surface area contributed by atoms with Gasteiger partial charge in [0.05, 0.1) is 65.6 Å². The van der Waals surface area contributed by atoms with E-state index in [0.29, 0.717) is 38.7 Å². The van der Waals surface area contributed by atoms with Crippen molar-refractivity contribution in [2.75, 3.05) is 47.9 Å². The molecule has 5 N–H and O–H groups in total. The Balaban J connectivity index is -0.000000205. The van der Waals surface area contributed by atoms with Crippen LogP contribution in [0.4, 0.5) is 34.0 Å². The van der Waals surface area contributed by atoms with Crippen molar-refractivity contribution in [3.8, 4) is 5.75 Å². The fourth-order valence-electron chi connectivity index (χ4n) is 4.41. The minimum atomic E-state index is -10.7. The molecule has 0 heterocycles. The van der Waals surface area contributed by atoms with Gasteiger partial charge in [0.1, 0.15) is 0 Å². The molecule has 0 aromatic heterocycles. The molecule has 384 valence electrons. The first-order valence-corrected chi connectivity index (χ1v) is 21.1. The van der Waals surface area contributed by atoms with E-state index in [1.165, 1.54) is 23.3 Å². The predicted molar refractivity (Wildman–Crippen MR) is 232 cm³/mol. The van der Waals surface area contributed by atoms with Crippen LogP contribution >= 0.6 is 7.81 Å². The number of ketones is 2. The minimum Gasteiger partial charge on any atom is -0.870 e. The summed E-state index contributed by atoms with van der Waals surface area (Å²) in [5.74, 6) is -2.41. The number of hydrogen-bond acceptors (Lipinski definition) is 12. The Morgan fingerprint density at radius 1 is 0.627 bits per heavy atom. The van der Waals surface area contributed by atoms with E-state index in [1.807, 2.05) is 6.92 Å². The molecule has 0 unspecified atom stereocenters. The van der Waals surface area contributed by atoms with E-state index < -0.39 is 35.3 Å². The van der Waals surface area contributed by atoms with Crippen molar-refractivity contribution in [3.05, 3.63) is 57.8 Å². The Morgan fingerprint density at radius 3 is 1.30 bits per heavy atom. The molecule has 0 fully saturated rings. The van der Waals surface area contributed by atoms with Gasteiger partial charge in [0.15, 0.2) is 23.1 Å². The van der Waals surface area contributed by atoms with Crippen LogP contribution in [0.1, 0.15) is 111 Å². The summed E-state index contributed by atoms with van der Waals surface area (Å²) < 4.78 is 91.2. The van der Waals surface area contributed by atoms with Crippen LogP contribution in [0.25, 0.3) is 0 Å². The summed E-state index contributed by atoms with van der Waals surface area (Å²) in [6.07, 6.45) is 4.35. The van der Waals surface area contributed by atoms with Crippen LogP contribution in [-0.4, -0.2) is 104 Å². The molecule has 0 saturated heterocycles. The van der Waals surface area contributed by atoms with Gasteiger partial charge in [0, 0.05) is 46.1 Å². The monoisotopic (exact) mass is 1010 g/mol. The molecule has 67 heavy (non-hydrogen) atoms. The number of carbonyl (C=O) groups is 6. The topological polar surface area (TPSA) is 264 Å². The summed E-state index contributed by atoms with van der Waals surface area (Å²) in [5.41, 5.74) is -3.39. The number of unbranched alkanes of at least 4 members (excludes halogenated alkanes) is 3. The second-order valence-electron chi connectivity index (χ2n) is 14.0. The van der Waals surface area contributed by atoms with Gasteiger partial charge in [-0.15, -0.1) is 4.39 Å². The van der Waals surface area contributed by atoms with Crippen molar-refractivity contribution < 1.29 is 107 Å². The molecule has 0 saturated carbocycles. The molecule has 0 atom stereocenters. The summed E-state index contributed by atoms with van der Waals surface area (Å²) in [5, 5.41) is 9.75. The summed E-state index contributed by atoms with van der Waals surface area (Å²) >= 11 is 0. The Morgan fingerprint density at radius 2 is 0.985 bits per heavy atom. The second-order valence-corrected chi connectivity index (χ2v) is 15.9. The van der Waals surface area contributed by atoms with Crippen molar-refractivity contribution >= 4 is 49.1 Å². The SMILES string of the molecule is C.C.CC(=O)NCC(=O)CCCCC(=O)NCc1c(F)c(=O)c1=O.CCCCOc1c(CNC(=O)CCCCC(=O)CNC(C)=O)c(=O)c1=O.CN(C)C(F)=[N+](C)C.F[P-](F)(F)(F)(F)F.[Na+].[OH-]. The van der Waals surface area contributed by atoms with Gasteiger partial charge in [-0.2, -0.15) is 0 Å². The van der Waals surface area contributed by atoms with Crippen LogP contribution in [0.5, 0.6) is 5.75 Å². The molecule has 0 aliphatic rings. The molecule has 0 aliphatic carbocycles. The van der Waals surface area contributed by atoms with Gasteiger partial charge in [-0.1, -0.05) is 28.2 Å². The maximum Gasteiger partial charge on any atom is 1.00 e. The molecule has 2 aromatic rings. The largest absolute Gasteiger partial charge is 1.00 e. The van der Waals surface area contributed by atoms with Gasteiger partial charge in [-0.25, -0.2) is 13.9 Å². The van der Waals surface area contributed by atoms with E-state index in [0.717, 1.165) is 12.8 Å². The first-order valence-electron chi connectivity index (χ1n) is 19.1. The van der Waals surface area contributed by atoms with E-state index in [2.05, 4.69) is 21.3 Å². The van der Waals surface area contributed by atoms with Gasteiger partial charge in [0.2, 0.25) is 34.5 Å². The molecule has 18 nitrogen and oxygen atoms in total. The maximum absolute atomic E-state index is 12.9. The normalized spacial score (nSPS) is 11.0. The summed E-state index contributed by atoms with van der Waals surface area (Å²) in [6, 6.07) is 0. The molecule has 0 radical (unpaired) electrons. The Kier molecular flexibility index (Phi) is 37.4. The minimum absolute atomic E-state index is 0. The van der Waals surface area contributed by atoms with E-state index in [1.54, 1.807) is 28.2 Å². The molecular formula is C39H64F8N6NaO12P. The van der Waals surface area contributed by atoms with E-state index in [9.17, 15) is 81.9 Å². The Labute approximate surface area is 405 Å². The zero-order valence-electron chi connectivity index (χ0n) is 37.4. The number of carbonyl (C=O) groups excluding carboxylic acids is 6. The van der Waals surface area contributed by atoms with E-state index in [4.69, 9.17) is 4.74 Å². The molecular weight excluding hydrogens is 950 g/mol. The van der Waals surface area contributed by atoms with E-state index >= 15 is 0 Å². The van der Waals surface area contributed by atoms with Crippen LogP contribution < -0.4 is 77.3 Å². The van der Waals surface area contributed by atoms with Crippen molar-refractivity contribution in [2.45, 2.75) is 113 Å². The number of rotatable bonds is 22. The summed E-state index contributed by atoms with van der Waals surface area (Å²) in [6.45, 7) is 4.68. The number of nitrogens with one attached hydrogen (secondary N) is 4. The number of nitrogens with zero attached hydrogens (tertiary/aromatic N) is 2. The molecule has 28 heteroatoms. The first kappa shape index (κ1) is 74.0. The zero-order chi connectivity index (χ0) is 49.4. The number of amides is 4. The number of halogens is 8. The third-order valence-electron chi connectivity index (χ3n) is 7.60. The van der Waals surface area contributed by atoms with Crippen LogP contribution in [0.3, 0.4) is 0 Å². The average molecular weight is 1010 g/mol. The smallest absolute Gasteiger partial charge is 0.870 e. The molecule has 0 spiro atoms. The van der Waals surface area contributed by atoms with Gasteiger partial charge in [-0.3, -0.25) is 47.9 Å². The van der Waals surface area contributed by atoms with Crippen LogP contribution in [0.15, 0.2) is 19.2 Å². The fourth-order valence-corrected chi connectivity index (χ4v) is 4.41.